The molecule has 0 radical (unpaired) electrons. The highest BCUT2D eigenvalue weighted by molar-refractivity contribution is 8.13. The van der Waals surface area contributed by atoms with Gasteiger partial charge in [-0.1, -0.05) is 6.07 Å². The lowest BCUT2D eigenvalue weighted by atomic mass is 10.1. The minimum atomic E-state index is -3.83. The van der Waals surface area contributed by atoms with Crippen LogP contribution in [-0.4, -0.2) is 34.6 Å². The van der Waals surface area contributed by atoms with Crippen molar-refractivity contribution in [1.82, 2.24) is 5.32 Å². The van der Waals surface area contributed by atoms with Gasteiger partial charge in [0, 0.05) is 36.5 Å². The predicted molar refractivity (Wildman–Crippen MR) is 82.3 cm³/mol. The summed E-state index contributed by atoms with van der Waals surface area (Å²) >= 11 is 0. The molecule has 0 aliphatic carbocycles. The van der Waals surface area contributed by atoms with Crippen LogP contribution in [0.25, 0.3) is 0 Å². The van der Waals surface area contributed by atoms with Crippen LogP contribution in [0, 0.1) is 6.92 Å². The number of aryl methyl sites for hydroxylation is 1. The molecule has 1 aromatic rings. The van der Waals surface area contributed by atoms with Crippen LogP contribution in [0.5, 0.6) is 0 Å². The fourth-order valence-electron chi connectivity index (χ4n) is 1.84. The van der Waals surface area contributed by atoms with Crippen molar-refractivity contribution in [3.63, 3.8) is 0 Å². The number of ether oxygens (including phenoxy) is 1. The molecular formula is C14H20ClNO4S. The molecule has 118 valence electrons. The average molecular weight is 334 g/mol. The first-order valence-corrected chi connectivity index (χ1v) is 8.99. The number of halogens is 1. The molecule has 1 amide bonds. The molecular weight excluding hydrogens is 314 g/mol. The molecule has 0 heterocycles. The Morgan fingerprint density at radius 1 is 1.29 bits per heavy atom. The molecule has 1 aromatic carbocycles. The van der Waals surface area contributed by atoms with E-state index in [4.69, 9.17) is 15.4 Å². The minimum Gasteiger partial charge on any atom is -0.385 e. The molecule has 5 nitrogen and oxygen atoms in total. The van der Waals surface area contributed by atoms with Gasteiger partial charge in [-0.25, -0.2) is 8.42 Å². The van der Waals surface area contributed by atoms with E-state index in [1.165, 1.54) is 12.1 Å². The molecule has 0 unspecified atom stereocenters. The molecule has 0 saturated carbocycles. The van der Waals surface area contributed by atoms with Gasteiger partial charge in [-0.3, -0.25) is 4.79 Å². The molecule has 0 aliphatic heterocycles. The zero-order valence-electron chi connectivity index (χ0n) is 12.2. The van der Waals surface area contributed by atoms with Crippen LogP contribution in [0.3, 0.4) is 0 Å². The average Bonchev–Trinajstić information content (AvgIpc) is 2.41. The Balaban J connectivity index is 2.62. The van der Waals surface area contributed by atoms with Gasteiger partial charge in [0.15, 0.2) is 0 Å². The molecule has 0 atom stereocenters. The number of methoxy groups -OCH3 is 1. The van der Waals surface area contributed by atoms with Gasteiger partial charge in [0.25, 0.3) is 15.0 Å². The first-order valence-electron chi connectivity index (χ1n) is 6.68. The molecule has 0 aromatic heterocycles. The van der Waals surface area contributed by atoms with Crippen molar-refractivity contribution in [3.8, 4) is 0 Å². The van der Waals surface area contributed by atoms with Crippen LogP contribution in [0.4, 0.5) is 0 Å². The maximum absolute atomic E-state index is 12.1. The van der Waals surface area contributed by atoms with E-state index < -0.39 is 9.05 Å². The van der Waals surface area contributed by atoms with Gasteiger partial charge in [-0.2, -0.15) is 0 Å². The largest absolute Gasteiger partial charge is 0.385 e. The third kappa shape index (κ3) is 6.03. The molecule has 0 saturated heterocycles. The summed E-state index contributed by atoms with van der Waals surface area (Å²) < 4.78 is 27.5. The summed E-state index contributed by atoms with van der Waals surface area (Å²) in [6.07, 6.45) is 2.76. The summed E-state index contributed by atoms with van der Waals surface area (Å²) in [7, 11) is 3.11. The number of rotatable bonds is 8. The highest BCUT2D eigenvalue weighted by atomic mass is 35.7. The summed E-state index contributed by atoms with van der Waals surface area (Å²) in [5, 5.41) is 2.78. The van der Waals surface area contributed by atoms with E-state index in [9.17, 15) is 13.2 Å². The Morgan fingerprint density at radius 3 is 2.62 bits per heavy atom. The summed E-state index contributed by atoms with van der Waals surface area (Å²) in [5.41, 5.74) is 1.03. The molecule has 0 spiro atoms. The lowest BCUT2D eigenvalue weighted by molar-refractivity contribution is 0.0952. The molecule has 1 rings (SSSR count). The molecule has 0 aliphatic rings. The van der Waals surface area contributed by atoms with E-state index in [0.717, 1.165) is 19.3 Å². The van der Waals surface area contributed by atoms with Gasteiger partial charge < -0.3 is 10.1 Å². The number of hydrogen-bond acceptors (Lipinski definition) is 4. The van der Waals surface area contributed by atoms with Gasteiger partial charge in [0.2, 0.25) is 0 Å². The Bertz CT molecular complexity index is 587. The van der Waals surface area contributed by atoms with E-state index in [0.29, 0.717) is 24.3 Å². The maximum atomic E-state index is 12.1. The Morgan fingerprint density at radius 2 is 2.00 bits per heavy atom. The van der Waals surface area contributed by atoms with Crippen molar-refractivity contribution in [2.75, 3.05) is 20.3 Å². The van der Waals surface area contributed by atoms with Crippen molar-refractivity contribution >= 4 is 25.6 Å². The normalized spacial score (nSPS) is 11.4. The molecule has 0 fully saturated rings. The van der Waals surface area contributed by atoms with Crippen molar-refractivity contribution in [3.05, 3.63) is 29.3 Å². The number of carbonyl (C=O) groups excluding carboxylic acids is 1. The Hall–Kier alpha value is -1.11. The summed E-state index contributed by atoms with van der Waals surface area (Å²) in [6.45, 7) is 3.00. The SMILES string of the molecule is COCCCCCNC(=O)c1cc(S(=O)(=O)Cl)ccc1C. The third-order valence-corrected chi connectivity index (χ3v) is 4.40. The number of hydrogen-bond donors (Lipinski definition) is 1. The molecule has 1 N–H and O–H groups in total. The second-order valence-corrected chi connectivity index (χ2v) is 7.29. The quantitative estimate of drug-likeness (QED) is 0.586. The van der Waals surface area contributed by atoms with E-state index in [-0.39, 0.29) is 10.8 Å². The second kappa shape index (κ2) is 8.36. The zero-order valence-corrected chi connectivity index (χ0v) is 13.8. The summed E-state index contributed by atoms with van der Waals surface area (Å²) in [5.74, 6) is -0.290. The maximum Gasteiger partial charge on any atom is 0.261 e. The van der Waals surface area contributed by atoms with E-state index >= 15 is 0 Å². The smallest absolute Gasteiger partial charge is 0.261 e. The monoisotopic (exact) mass is 333 g/mol. The van der Waals surface area contributed by atoms with Gasteiger partial charge in [-0.05, 0) is 43.9 Å². The fraction of sp³-hybridized carbons (Fsp3) is 0.500. The van der Waals surface area contributed by atoms with E-state index in [2.05, 4.69) is 5.32 Å². The number of carbonyl (C=O) groups is 1. The first-order chi connectivity index (χ1) is 9.86. The van der Waals surface area contributed by atoms with E-state index in [1.54, 1.807) is 20.1 Å². The topological polar surface area (TPSA) is 72.5 Å². The highest BCUT2D eigenvalue weighted by Crippen LogP contribution is 2.19. The number of amides is 1. The van der Waals surface area contributed by atoms with Crippen LogP contribution in [0.1, 0.15) is 35.2 Å². The van der Waals surface area contributed by atoms with Crippen LogP contribution in [0.2, 0.25) is 0 Å². The fourth-order valence-corrected chi connectivity index (χ4v) is 2.62. The third-order valence-electron chi connectivity index (χ3n) is 3.05. The van der Waals surface area contributed by atoms with Crippen LogP contribution >= 0.6 is 10.7 Å². The lowest BCUT2D eigenvalue weighted by Gasteiger charge is -2.09. The van der Waals surface area contributed by atoms with Crippen molar-refractivity contribution in [2.24, 2.45) is 0 Å². The van der Waals surface area contributed by atoms with Gasteiger partial charge in [0.05, 0.1) is 4.90 Å². The van der Waals surface area contributed by atoms with Gasteiger partial charge in [0.1, 0.15) is 0 Å². The van der Waals surface area contributed by atoms with Crippen molar-refractivity contribution in [1.29, 1.82) is 0 Å². The van der Waals surface area contributed by atoms with Crippen LogP contribution in [-0.2, 0) is 13.8 Å². The molecule has 21 heavy (non-hydrogen) atoms. The highest BCUT2D eigenvalue weighted by Gasteiger charge is 2.15. The number of benzene rings is 1. The number of unbranched alkanes of at least 4 members (excludes halogenated alkanes) is 2. The van der Waals surface area contributed by atoms with Crippen LogP contribution in [0.15, 0.2) is 23.1 Å². The molecule has 0 bridgehead atoms. The second-order valence-electron chi connectivity index (χ2n) is 4.72. The standard InChI is InChI=1S/C14H20ClNO4S/c1-11-6-7-12(21(15,18)19)10-13(11)14(17)16-8-4-3-5-9-20-2/h6-7,10H,3-5,8-9H2,1-2H3,(H,16,17). The Labute approximate surface area is 130 Å². The Kier molecular flexibility index (Phi) is 7.14. The van der Waals surface area contributed by atoms with Crippen molar-refractivity contribution < 1.29 is 17.9 Å². The van der Waals surface area contributed by atoms with Crippen LogP contribution < -0.4 is 5.32 Å². The summed E-state index contributed by atoms with van der Waals surface area (Å²) in [4.78, 5) is 12.0. The lowest BCUT2D eigenvalue weighted by Crippen LogP contribution is -2.25. The summed E-state index contributed by atoms with van der Waals surface area (Å²) in [6, 6.07) is 4.26. The van der Waals surface area contributed by atoms with Crippen molar-refractivity contribution in [2.45, 2.75) is 31.1 Å². The first kappa shape index (κ1) is 17.9. The zero-order chi connectivity index (χ0) is 15.9. The number of nitrogens with one attached hydrogen (secondary N) is 1. The predicted octanol–water partition coefficient (Wildman–Crippen LogP) is 2.47. The van der Waals surface area contributed by atoms with Gasteiger partial charge >= 0.3 is 0 Å². The van der Waals surface area contributed by atoms with Gasteiger partial charge in [-0.15, -0.1) is 0 Å². The minimum absolute atomic E-state index is 0.0694. The molecule has 7 heteroatoms. The van der Waals surface area contributed by atoms with E-state index in [1.807, 2.05) is 0 Å².